The van der Waals surface area contributed by atoms with Crippen LogP contribution >= 0.6 is 0 Å². The van der Waals surface area contributed by atoms with Crippen molar-refractivity contribution in [1.82, 2.24) is 14.7 Å². The van der Waals surface area contributed by atoms with Crippen LogP contribution in [0, 0.1) is 0 Å². The number of hydrogen-bond donors (Lipinski definition) is 1. The number of likely N-dealkylation sites (N-methyl/N-ethyl adjacent to an activating group) is 1. The number of ether oxygens (including phenoxy) is 1. The number of carboxylic acids is 1. The number of carboxylic acid groups (broad SMARTS) is 1. The topological polar surface area (TPSA) is 67.6 Å². The molecule has 102 valence electrons. The lowest BCUT2D eigenvalue weighted by Gasteiger charge is -2.20. The number of hydrogen-bond acceptors (Lipinski definition) is 4. The average Bonchev–Trinajstić information content (AvgIpc) is 2.70. The van der Waals surface area contributed by atoms with E-state index >= 15 is 0 Å². The summed E-state index contributed by atoms with van der Waals surface area (Å²) in [5, 5.41) is 13.1. The monoisotopic (exact) mass is 255 g/mol. The van der Waals surface area contributed by atoms with Crippen molar-refractivity contribution in [1.29, 1.82) is 0 Å². The second-order valence-electron chi connectivity index (χ2n) is 4.00. The fraction of sp³-hybridized carbons (Fsp3) is 0.667. The summed E-state index contributed by atoms with van der Waals surface area (Å²) in [5.74, 6) is -0.932. The molecule has 0 bridgehead atoms. The highest BCUT2D eigenvalue weighted by Crippen LogP contribution is 2.10. The zero-order chi connectivity index (χ0) is 13.5. The van der Waals surface area contributed by atoms with E-state index in [1.807, 2.05) is 13.8 Å². The molecule has 0 aliphatic heterocycles. The Kier molecular flexibility index (Phi) is 5.80. The first-order valence-electron chi connectivity index (χ1n) is 6.14. The summed E-state index contributed by atoms with van der Waals surface area (Å²) in [6, 6.07) is 0. The molecule has 0 fully saturated rings. The molecule has 0 unspecified atom stereocenters. The molecule has 6 nitrogen and oxygen atoms in total. The van der Waals surface area contributed by atoms with Crippen LogP contribution in [0.25, 0.3) is 0 Å². The summed E-state index contributed by atoms with van der Waals surface area (Å²) in [4.78, 5) is 13.2. The van der Waals surface area contributed by atoms with Gasteiger partial charge in [0.05, 0.1) is 18.5 Å². The van der Waals surface area contributed by atoms with Crippen molar-refractivity contribution < 1.29 is 14.6 Å². The number of aromatic carboxylic acids is 1. The molecule has 0 saturated heterocycles. The van der Waals surface area contributed by atoms with E-state index in [1.165, 1.54) is 6.20 Å². The summed E-state index contributed by atoms with van der Waals surface area (Å²) in [6.45, 7) is 7.56. The molecule has 6 heteroatoms. The molecule has 0 spiro atoms. The Morgan fingerprint density at radius 3 is 2.83 bits per heavy atom. The highest BCUT2D eigenvalue weighted by atomic mass is 16.5. The average molecular weight is 255 g/mol. The third-order valence-electron chi connectivity index (χ3n) is 2.87. The van der Waals surface area contributed by atoms with Crippen molar-refractivity contribution in [2.24, 2.45) is 7.05 Å². The number of rotatable bonds is 8. The molecular formula is C12H21N3O3. The fourth-order valence-electron chi connectivity index (χ4n) is 1.73. The Bertz CT molecular complexity index is 390. The van der Waals surface area contributed by atoms with Gasteiger partial charge in [-0.2, -0.15) is 5.10 Å². The van der Waals surface area contributed by atoms with Crippen molar-refractivity contribution in [2.45, 2.75) is 20.4 Å². The van der Waals surface area contributed by atoms with E-state index in [0.29, 0.717) is 19.8 Å². The van der Waals surface area contributed by atoms with Crippen LogP contribution in [0.15, 0.2) is 6.20 Å². The molecule has 0 atom stereocenters. The number of carbonyl (C=O) groups is 1. The van der Waals surface area contributed by atoms with E-state index in [9.17, 15) is 4.79 Å². The molecule has 0 saturated carbocycles. The Morgan fingerprint density at radius 1 is 1.56 bits per heavy atom. The smallest absolute Gasteiger partial charge is 0.339 e. The maximum Gasteiger partial charge on any atom is 0.339 e. The molecule has 0 aliphatic carbocycles. The summed E-state index contributed by atoms with van der Waals surface area (Å²) < 4.78 is 6.93. The van der Waals surface area contributed by atoms with Crippen LogP contribution < -0.4 is 0 Å². The molecular weight excluding hydrogens is 234 g/mol. The van der Waals surface area contributed by atoms with Crippen molar-refractivity contribution in [3.8, 4) is 0 Å². The third-order valence-corrected chi connectivity index (χ3v) is 2.87. The van der Waals surface area contributed by atoms with Gasteiger partial charge in [-0.25, -0.2) is 4.79 Å². The SMILES string of the molecule is CCOCCN(CC)Cc1c(C(=O)O)cnn1C. The molecule has 0 radical (unpaired) electrons. The van der Waals surface area contributed by atoms with Gasteiger partial charge in [-0.3, -0.25) is 9.58 Å². The Morgan fingerprint density at radius 2 is 2.28 bits per heavy atom. The van der Waals surface area contributed by atoms with Crippen molar-refractivity contribution in [3.05, 3.63) is 17.5 Å². The van der Waals surface area contributed by atoms with Crippen LogP contribution in [0.4, 0.5) is 0 Å². The quantitative estimate of drug-likeness (QED) is 0.701. The molecule has 1 aromatic heterocycles. The summed E-state index contributed by atoms with van der Waals surface area (Å²) in [5.41, 5.74) is 0.994. The van der Waals surface area contributed by atoms with E-state index in [-0.39, 0.29) is 5.56 Å². The van der Waals surface area contributed by atoms with E-state index in [2.05, 4.69) is 10.00 Å². The summed E-state index contributed by atoms with van der Waals surface area (Å²) in [7, 11) is 1.76. The molecule has 1 heterocycles. The van der Waals surface area contributed by atoms with Crippen molar-refractivity contribution >= 4 is 5.97 Å². The van der Waals surface area contributed by atoms with E-state index in [4.69, 9.17) is 9.84 Å². The molecule has 18 heavy (non-hydrogen) atoms. The normalized spacial score (nSPS) is 11.1. The number of aryl methyl sites for hydroxylation is 1. The Hall–Kier alpha value is -1.40. The Balaban J connectivity index is 2.69. The summed E-state index contributed by atoms with van der Waals surface area (Å²) in [6.07, 6.45) is 1.40. The van der Waals surface area contributed by atoms with Crippen LogP contribution in [0.3, 0.4) is 0 Å². The van der Waals surface area contributed by atoms with Gasteiger partial charge in [-0.15, -0.1) is 0 Å². The number of aromatic nitrogens is 2. The predicted octanol–water partition coefficient (Wildman–Crippen LogP) is 0.977. The zero-order valence-corrected chi connectivity index (χ0v) is 11.2. The van der Waals surface area contributed by atoms with Gasteiger partial charge in [-0.05, 0) is 13.5 Å². The van der Waals surface area contributed by atoms with Gasteiger partial charge in [0, 0.05) is 26.7 Å². The molecule has 0 aliphatic rings. The minimum absolute atomic E-state index is 0.271. The van der Waals surface area contributed by atoms with Crippen LogP contribution in [0.1, 0.15) is 29.9 Å². The molecule has 0 amide bonds. The molecule has 1 N–H and O–H groups in total. The van der Waals surface area contributed by atoms with E-state index in [1.54, 1.807) is 11.7 Å². The maximum atomic E-state index is 11.1. The van der Waals surface area contributed by atoms with Gasteiger partial charge in [0.25, 0.3) is 0 Å². The maximum absolute atomic E-state index is 11.1. The second-order valence-corrected chi connectivity index (χ2v) is 4.00. The zero-order valence-electron chi connectivity index (χ0n) is 11.2. The van der Waals surface area contributed by atoms with Crippen LogP contribution in [0.5, 0.6) is 0 Å². The standard InChI is InChI=1S/C12H21N3O3/c1-4-15(6-7-18-5-2)9-11-10(12(16)17)8-13-14(11)3/h8H,4-7,9H2,1-3H3,(H,16,17). The largest absolute Gasteiger partial charge is 0.478 e. The third kappa shape index (κ3) is 3.82. The van der Waals surface area contributed by atoms with Crippen LogP contribution in [-0.2, 0) is 18.3 Å². The highest BCUT2D eigenvalue weighted by Gasteiger charge is 2.17. The van der Waals surface area contributed by atoms with Crippen LogP contribution in [-0.4, -0.2) is 52.1 Å². The van der Waals surface area contributed by atoms with Gasteiger partial charge in [0.15, 0.2) is 0 Å². The van der Waals surface area contributed by atoms with Crippen LogP contribution in [0.2, 0.25) is 0 Å². The second kappa shape index (κ2) is 7.13. The lowest BCUT2D eigenvalue weighted by molar-refractivity contribution is 0.0693. The Labute approximate surface area is 107 Å². The minimum Gasteiger partial charge on any atom is -0.478 e. The fourth-order valence-corrected chi connectivity index (χ4v) is 1.73. The van der Waals surface area contributed by atoms with Gasteiger partial charge in [-0.1, -0.05) is 6.92 Å². The van der Waals surface area contributed by atoms with Gasteiger partial charge in [0.1, 0.15) is 5.56 Å². The first kappa shape index (κ1) is 14.7. The van der Waals surface area contributed by atoms with E-state index in [0.717, 1.165) is 18.8 Å². The first-order chi connectivity index (χ1) is 8.60. The molecule has 1 rings (SSSR count). The number of nitrogens with zero attached hydrogens (tertiary/aromatic N) is 3. The minimum atomic E-state index is -0.932. The lowest BCUT2D eigenvalue weighted by atomic mass is 10.2. The van der Waals surface area contributed by atoms with E-state index < -0.39 is 5.97 Å². The first-order valence-corrected chi connectivity index (χ1v) is 6.14. The van der Waals surface area contributed by atoms with Gasteiger partial charge in [0.2, 0.25) is 0 Å². The van der Waals surface area contributed by atoms with Crippen molar-refractivity contribution in [2.75, 3.05) is 26.3 Å². The highest BCUT2D eigenvalue weighted by molar-refractivity contribution is 5.88. The van der Waals surface area contributed by atoms with Gasteiger partial charge < -0.3 is 9.84 Å². The molecule has 0 aromatic carbocycles. The van der Waals surface area contributed by atoms with Crippen molar-refractivity contribution in [3.63, 3.8) is 0 Å². The predicted molar refractivity (Wildman–Crippen MR) is 67.6 cm³/mol. The molecule has 1 aromatic rings. The summed E-state index contributed by atoms with van der Waals surface area (Å²) >= 11 is 0. The van der Waals surface area contributed by atoms with Gasteiger partial charge >= 0.3 is 5.97 Å². The lowest BCUT2D eigenvalue weighted by Crippen LogP contribution is -2.28.